The van der Waals surface area contributed by atoms with Gasteiger partial charge in [-0.2, -0.15) is 0 Å². The summed E-state index contributed by atoms with van der Waals surface area (Å²) >= 11 is 2.25. The van der Waals surface area contributed by atoms with Crippen molar-refractivity contribution in [2.24, 2.45) is 0 Å². The summed E-state index contributed by atoms with van der Waals surface area (Å²) in [6.07, 6.45) is 3.06. The molecule has 1 aliphatic rings. The molecule has 0 N–H and O–H groups in total. The Bertz CT molecular complexity index is 568. The van der Waals surface area contributed by atoms with Crippen LogP contribution in [0.4, 0.5) is 0 Å². The van der Waals surface area contributed by atoms with Crippen molar-refractivity contribution in [2.75, 3.05) is 13.2 Å². The predicted molar refractivity (Wildman–Crippen MR) is 115 cm³/mol. The summed E-state index contributed by atoms with van der Waals surface area (Å²) in [5.74, 6) is 0. The first-order valence-corrected chi connectivity index (χ1v) is 13.1. The first-order chi connectivity index (χ1) is 11.7. The van der Waals surface area contributed by atoms with Gasteiger partial charge in [0.05, 0.1) is 19.3 Å². The largest absolute Gasteiger partial charge is 0.417 e. The monoisotopic (exact) mass is 474 g/mol. The van der Waals surface area contributed by atoms with Crippen molar-refractivity contribution in [3.63, 3.8) is 0 Å². The molecule has 1 aliphatic heterocycles. The lowest BCUT2D eigenvalue weighted by Gasteiger charge is -2.47. The molecule has 0 radical (unpaired) electrons. The van der Waals surface area contributed by atoms with E-state index in [1.807, 2.05) is 22.3 Å². The Labute approximate surface area is 167 Å². The van der Waals surface area contributed by atoms with Gasteiger partial charge in [0.1, 0.15) is 5.60 Å². The Kier molecular flexibility index (Phi) is 7.30. The molecule has 0 unspecified atom stereocenters. The third kappa shape index (κ3) is 5.39. The molecule has 1 aromatic carbocycles. The molecule has 0 aromatic heterocycles. The normalized spacial score (nSPS) is 24.5. The average Bonchev–Trinajstić information content (AvgIpc) is 2.54. The van der Waals surface area contributed by atoms with Crippen molar-refractivity contribution in [1.29, 1.82) is 0 Å². The van der Waals surface area contributed by atoms with E-state index in [0.717, 1.165) is 13.0 Å². The molecule has 2 atom stereocenters. The Morgan fingerprint density at radius 3 is 2.48 bits per heavy atom. The molecule has 3 nitrogen and oxygen atoms in total. The second-order valence-corrected chi connectivity index (χ2v) is 13.7. The van der Waals surface area contributed by atoms with Crippen LogP contribution in [-0.4, -0.2) is 33.2 Å². The lowest BCUT2D eigenvalue weighted by atomic mass is 9.89. The van der Waals surface area contributed by atoms with Crippen LogP contribution in [0.2, 0.25) is 18.1 Å². The number of rotatable bonds is 8. The molecular formula is C20H31IO3Si. The Balaban J connectivity index is 1.91. The smallest absolute Gasteiger partial charge is 0.191 e. The Morgan fingerprint density at radius 2 is 1.96 bits per heavy atom. The molecule has 0 amide bonds. The Morgan fingerprint density at radius 1 is 1.28 bits per heavy atom. The van der Waals surface area contributed by atoms with Crippen LogP contribution >= 0.6 is 22.6 Å². The van der Waals surface area contributed by atoms with Gasteiger partial charge in [-0.1, -0.05) is 73.7 Å². The van der Waals surface area contributed by atoms with Gasteiger partial charge in [0.25, 0.3) is 0 Å². The highest BCUT2D eigenvalue weighted by atomic mass is 127. The van der Waals surface area contributed by atoms with Crippen LogP contribution in [0.1, 0.15) is 32.8 Å². The highest BCUT2D eigenvalue weighted by Crippen LogP contribution is 2.38. The van der Waals surface area contributed by atoms with Crippen molar-refractivity contribution >= 4 is 30.9 Å². The van der Waals surface area contributed by atoms with Gasteiger partial charge >= 0.3 is 0 Å². The van der Waals surface area contributed by atoms with Gasteiger partial charge in [0.15, 0.2) is 8.32 Å². The summed E-state index contributed by atoms with van der Waals surface area (Å²) < 4.78 is 20.5. The maximum absolute atomic E-state index is 6.31. The first-order valence-electron chi connectivity index (χ1n) is 8.91. The fraction of sp³-hybridized carbons (Fsp3) is 0.600. The minimum atomic E-state index is -1.71. The molecule has 0 spiro atoms. The zero-order valence-electron chi connectivity index (χ0n) is 16.0. The van der Waals surface area contributed by atoms with Crippen LogP contribution in [0.25, 0.3) is 0 Å². The second-order valence-electron chi connectivity index (χ2n) is 8.22. The summed E-state index contributed by atoms with van der Waals surface area (Å²) in [5.41, 5.74) is 0.861. The maximum Gasteiger partial charge on any atom is 0.191 e. The van der Waals surface area contributed by atoms with Crippen LogP contribution in [0.3, 0.4) is 0 Å². The molecule has 25 heavy (non-hydrogen) atoms. The molecule has 1 fully saturated rings. The molecule has 0 bridgehead atoms. The summed E-state index contributed by atoms with van der Waals surface area (Å²) in [5, 5.41) is 0.233. The SMILES string of the molecule is CC(C)(C)[Si](C)(C)OCC[C@H]1OC[C@]1(/C=C\I)OCc1ccccc1. The van der Waals surface area contributed by atoms with Crippen molar-refractivity contribution in [3.05, 3.63) is 46.1 Å². The van der Waals surface area contributed by atoms with E-state index in [1.54, 1.807) is 0 Å². The van der Waals surface area contributed by atoms with Gasteiger partial charge in [0, 0.05) is 6.61 Å². The van der Waals surface area contributed by atoms with Crippen LogP contribution < -0.4 is 0 Å². The van der Waals surface area contributed by atoms with E-state index in [-0.39, 0.29) is 16.7 Å². The third-order valence-corrected chi connectivity index (χ3v) is 10.3. The van der Waals surface area contributed by atoms with E-state index in [2.05, 4.69) is 74.7 Å². The molecule has 0 aliphatic carbocycles. The van der Waals surface area contributed by atoms with Crippen molar-refractivity contribution in [3.8, 4) is 0 Å². The van der Waals surface area contributed by atoms with E-state index < -0.39 is 8.32 Å². The number of ether oxygens (including phenoxy) is 2. The Hall–Kier alpha value is -0.213. The zero-order chi connectivity index (χ0) is 18.6. The fourth-order valence-electron chi connectivity index (χ4n) is 2.57. The quantitative estimate of drug-likeness (QED) is 0.357. The highest BCUT2D eigenvalue weighted by molar-refractivity contribution is 14.1. The van der Waals surface area contributed by atoms with E-state index >= 15 is 0 Å². The first kappa shape index (κ1) is 21.1. The second kappa shape index (κ2) is 8.65. The van der Waals surface area contributed by atoms with Crippen molar-refractivity contribution < 1.29 is 13.9 Å². The minimum Gasteiger partial charge on any atom is -0.417 e. The highest BCUT2D eigenvalue weighted by Gasteiger charge is 2.48. The summed E-state index contributed by atoms with van der Waals surface area (Å²) in [6, 6.07) is 10.3. The summed E-state index contributed by atoms with van der Waals surface area (Å²) in [6.45, 7) is 13.3. The molecule has 5 heteroatoms. The maximum atomic E-state index is 6.31. The van der Waals surface area contributed by atoms with Crippen LogP contribution in [0.5, 0.6) is 0 Å². The number of hydrogen-bond acceptors (Lipinski definition) is 3. The van der Waals surface area contributed by atoms with E-state index in [9.17, 15) is 0 Å². The molecule has 2 rings (SSSR count). The van der Waals surface area contributed by atoms with Crippen molar-refractivity contribution in [1.82, 2.24) is 0 Å². The summed E-state index contributed by atoms with van der Waals surface area (Å²) in [4.78, 5) is 0. The third-order valence-electron chi connectivity index (χ3n) is 5.40. The van der Waals surface area contributed by atoms with E-state index in [0.29, 0.717) is 13.2 Å². The number of hydrogen-bond donors (Lipinski definition) is 0. The van der Waals surface area contributed by atoms with Gasteiger partial charge in [-0.15, -0.1) is 0 Å². The van der Waals surface area contributed by atoms with Gasteiger partial charge in [-0.25, -0.2) is 0 Å². The lowest BCUT2D eigenvalue weighted by molar-refractivity contribution is -0.243. The number of benzene rings is 1. The van der Waals surface area contributed by atoms with Crippen LogP contribution in [-0.2, 0) is 20.5 Å². The van der Waals surface area contributed by atoms with Gasteiger partial charge < -0.3 is 13.9 Å². The standard InChI is InChI=1S/C20H31IO3Si/c1-19(2,3)25(4,5)24-14-11-18-20(12-13-21,16-22-18)23-15-17-9-7-6-8-10-17/h6-10,12-13,18H,11,14-16H2,1-5H3/b13-12-/t18-,20+/m1/s1. The van der Waals surface area contributed by atoms with E-state index in [4.69, 9.17) is 13.9 Å². The summed E-state index contributed by atoms with van der Waals surface area (Å²) in [7, 11) is -1.71. The van der Waals surface area contributed by atoms with Gasteiger partial charge in [-0.3, -0.25) is 0 Å². The average molecular weight is 474 g/mol. The molecule has 140 valence electrons. The van der Waals surface area contributed by atoms with E-state index in [1.165, 1.54) is 5.56 Å². The lowest BCUT2D eigenvalue weighted by Crippen LogP contribution is -2.59. The fourth-order valence-corrected chi connectivity index (χ4v) is 4.24. The van der Waals surface area contributed by atoms with Gasteiger partial charge in [0.2, 0.25) is 0 Å². The topological polar surface area (TPSA) is 27.7 Å². The molecular weight excluding hydrogens is 443 g/mol. The number of halogens is 1. The molecule has 1 heterocycles. The van der Waals surface area contributed by atoms with Crippen LogP contribution in [0.15, 0.2) is 40.5 Å². The van der Waals surface area contributed by atoms with Crippen LogP contribution in [0, 0.1) is 0 Å². The van der Waals surface area contributed by atoms with Gasteiger partial charge in [-0.05, 0) is 40.3 Å². The predicted octanol–water partition coefficient (Wildman–Crippen LogP) is 5.70. The minimum absolute atomic E-state index is 0.0620. The zero-order valence-corrected chi connectivity index (χ0v) is 19.2. The molecule has 0 saturated carbocycles. The molecule has 1 saturated heterocycles. The molecule has 1 aromatic rings. The van der Waals surface area contributed by atoms with Crippen molar-refractivity contribution in [2.45, 2.75) is 63.6 Å².